The molecule has 1 aromatic carbocycles. The lowest BCUT2D eigenvalue weighted by Crippen LogP contribution is -2.32. The highest BCUT2D eigenvalue weighted by atomic mass is 32.2. The van der Waals surface area contributed by atoms with E-state index < -0.39 is 15.7 Å². The van der Waals surface area contributed by atoms with Crippen molar-refractivity contribution >= 4 is 21.4 Å². The average molecular weight is 355 g/mol. The van der Waals surface area contributed by atoms with Crippen LogP contribution in [0.4, 0.5) is 5.69 Å². The number of benzene rings is 1. The highest BCUT2D eigenvalue weighted by Gasteiger charge is 2.22. The van der Waals surface area contributed by atoms with E-state index in [1.54, 1.807) is 0 Å². The molecule has 0 aromatic heterocycles. The number of nitrogens with one attached hydrogen (secondary N) is 1. The van der Waals surface area contributed by atoms with Gasteiger partial charge in [-0.3, -0.25) is 9.63 Å². The Morgan fingerprint density at radius 1 is 1.46 bits per heavy atom. The number of hydrogen-bond donors (Lipinski definition) is 2. The zero-order valence-electron chi connectivity index (χ0n) is 14.1. The van der Waals surface area contributed by atoms with Gasteiger partial charge in [0.25, 0.3) is 5.91 Å². The number of carbonyl (C=O) groups is 1. The third kappa shape index (κ3) is 4.68. The van der Waals surface area contributed by atoms with E-state index in [9.17, 15) is 13.2 Å². The molecule has 3 N–H and O–H groups in total. The SMILES string of the molecule is CCN1CCCC1CCONC(=O)c1ccc(N)c(S(C)(=O)=O)c1. The van der Waals surface area contributed by atoms with Crippen molar-refractivity contribution in [2.45, 2.75) is 37.1 Å². The predicted octanol–water partition coefficient (Wildman–Crippen LogP) is 1.21. The molecule has 1 saturated heterocycles. The zero-order valence-corrected chi connectivity index (χ0v) is 14.9. The molecular formula is C16H25N3O4S. The van der Waals surface area contributed by atoms with Crippen LogP contribution in [0.3, 0.4) is 0 Å². The van der Waals surface area contributed by atoms with Crippen molar-refractivity contribution < 1.29 is 18.0 Å². The van der Waals surface area contributed by atoms with Gasteiger partial charge in [0, 0.05) is 17.9 Å². The quantitative estimate of drug-likeness (QED) is 0.433. The Morgan fingerprint density at radius 2 is 2.21 bits per heavy atom. The fraction of sp³-hybridized carbons (Fsp3) is 0.562. The van der Waals surface area contributed by atoms with Crippen molar-refractivity contribution in [2.24, 2.45) is 0 Å². The molecule has 1 atom stereocenters. The molecule has 2 rings (SSSR count). The topological polar surface area (TPSA) is 102 Å². The monoisotopic (exact) mass is 355 g/mol. The lowest BCUT2D eigenvalue weighted by molar-refractivity contribution is 0.0243. The second-order valence-electron chi connectivity index (χ2n) is 6.02. The second-order valence-corrected chi connectivity index (χ2v) is 8.00. The van der Waals surface area contributed by atoms with E-state index in [0.29, 0.717) is 12.6 Å². The molecule has 7 nitrogen and oxygen atoms in total. The van der Waals surface area contributed by atoms with E-state index in [1.807, 2.05) is 0 Å². The average Bonchev–Trinajstić information content (AvgIpc) is 2.98. The molecule has 1 fully saturated rings. The molecule has 1 aliphatic heterocycles. The van der Waals surface area contributed by atoms with Gasteiger partial charge in [-0.05, 0) is 50.6 Å². The molecule has 1 amide bonds. The number of anilines is 1. The van der Waals surface area contributed by atoms with Crippen LogP contribution in [0.5, 0.6) is 0 Å². The number of sulfone groups is 1. The fourth-order valence-corrected chi connectivity index (χ4v) is 3.84. The number of nitrogen functional groups attached to an aromatic ring is 1. The summed E-state index contributed by atoms with van der Waals surface area (Å²) in [5.74, 6) is -0.487. The fourth-order valence-electron chi connectivity index (χ4n) is 3.01. The first-order valence-corrected chi connectivity index (χ1v) is 9.98. The van der Waals surface area contributed by atoms with Gasteiger partial charge >= 0.3 is 0 Å². The summed E-state index contributed by atoms with van der Waals surface area (Å²) >= 11 is 0. The molecule has 1 aromatic rings. The van der Waals surface area contributed by atoms with E-state index >= 15 is 0 Å². The third-order valence-electron chi connectivity index (χ3n) is 4.30. The number of hydrogen-bond acceptors (Lipinski definition) is 6. The Balaban J connectivity index is 1.87. The van der Waals surface area contributed by atoms with E-state index in [1.165, 1.54) is 24.6 Å². The van der Waals surface area contributed by atoms with Crippen LogP contribution in [0.25, 0.3) is 0 Å². The van der Waals surface area contributed by atoms with Crippen LogP contribution in [-0.2, 0) is 14.7 Å². The number of hydroxylamine groups is 1. The van der Waals surface area contributed by atoms with Crippen molar-refractivity contribution in [3.63, 3.8) is 0 Å². The van der Waals surface area contributed by atoms with Crippen molar-refractivity contribution in [2.75, 3.05) is 31.7 Å². The first kappa shape index (κ1) is 18.7. The van der Waals surface area contributed by atoms with E-state index in [4.69, 9.17) is 10.6 Å². The molecule has 1 aliphatic rings. The van der Waals surface area contributed by atoms with Crippen molar-refractivity contribution in [3.8, 4) is 0 Å². The van der Waals surface area contributed by atoms with Crippen molar-refractivity contribution in [1.29, 1.82) is 0 Å². The normalized spacial score (nSPS) is 18.7. The minimum Gasteiger partial charge on any atom is -0.398 e. The highest BCUT2D eigenvalue weighted by Crippen LogP contribution is 2.20. The number of nitrogens with two attached hydrogens (primary N) is 1. The van der Waals surface area contributed by atoms with Crippen LogP contribution in [0.15, 0.2) is 23.1 Å². The summed E-state index contributed by atoms with van der Waals surface area (Å²) in [5, 5.41) is 0. The van der Waals surface area contributed by atoms with Gasteiger partial charge in [0.05, 0.1) is 17.2 Å². The van der Waals surface area contributed by atoms with Gasteiger partial charge in [0.15, 0.2) is 9.84 Å². The Bertz CT molecular complexity index is 691. The molecule has 134 valence electrons. The largest absolute Gasteiger partial charge is 0.398 e. The molecule has 1 unspecified atom stereocenters. The Hall–Kier alpha value is -1.64. The van der Waals surface area contributed by atoms with Gasteiger partial charge in [-0.25, -0.2) is 13.9 Å². The maximum atomic E-state index is 12.1. The van der Waals surface area contributed by atoms with Crippen molar-refractivity contribution in [3.05, 3.63) is 23.8 Å². The molecule has 0 aliphatic carbocycles. The van der Waals surface area contributed by atoms with Gasteiger partial charge in [-0.15, -0.1) is 0 Å². The summed E-state index contributed by atoms with van der Waals surface area (Å²) in [6.45, 7) is 4.70. The number of carbonyl (C=O) groups excluding carboxylic acids is 1. The Morgan fingerprint density at radius 3 is 2.88 bits per heavy atom. The van der Waals surface area contributed by atoms with Crippen LogP contribution >= 0.6 is 0 Å². The van der Waals surface area contributed by atoms with E-state index in [-0.39, 0.29) is 16.1 Å². The summed E-state index contributed by atoms with van der Waals surface area (Å²) in [6, 6.07) is 4.64. The molecule has 0 radical (unpaired) electrons. The standard InChI is InChI=1S/C16H25N3O4S/c1-3-19-9-4-5-13(19)8-10-23-18-16(20)12-6-7-14(17)15(11-12)24(2,21)22/h6-7,11,13H,3-5,8-10,17H2,1-2H3,(H,18,20). The van der Waals surface area contributed by atoms with E-state index in [2.05, 4.69) is 17.3 Å². The van der Waals surface area contributed by atoms with Gasteiger partial charge in [-0.1, -0.05) is 6.92 Å². The summed E-state index contributed by atoms with van der Waals surface area (Å²) in [4.78, 5) is 19.7. The second kappa shape index (κ2) is 7.96. The van der Waals surface area contributed by atoms with Crippen LogP contribution in [0.2, 0.25) is 0 Å². The third-order valence-corrected chi connectivity index (χ3v) is 5.45. The molecule has 8 heteroatoms. The summed E-state index contributed by atoms with van der Waals surface area (Å²) in [7, 11) is -3.49. The summed E-state index contributed by atoms with van der Waals surface area (Å²) in [5.41, 5.74) is 8.32. The first-order valence-electron chi connectivity index (χ1n) is 8.08. The number of nitrogens with zero attached hydrogens (tertiary/aromatic N) is 1. The van der Waals surface area contributed by atoms with Gasteiger partial charge in [-0.2, -0.15) is 0 Å². The van der Waals surface area contributed by atoms with Gasteiger partial charge in [0.1, 0.15) is 0 Å². The number of likely N-dealkylation sites (tertiary alicyclic amines) is 1. The predicted molar refractivity (Wildman–Crippen MR) is 92.3 cm³/mol. The van der Waals surface area contributed by atoms with Crippen LogP contribution in [0.1, 0.15) is 36.5 Å². The molecule has 0 spiro atoms. The number of rotatable bonds is 7. The number of amides is 1. The van der Waals surface area contributed by atoms with Crippen LogP contribution < -0.4 is 11.2 Å². The van der Waals surface area contributed by atoms with Gasteiger partial charge in [0.2, 0.25) is 0 Å². The molecule has 0 saturated carbocycles. The highest BCUT2D eigenvalue weighted by molar-refractivity contribution is 7.90. The molecular weight excluding hydrogens is 330 g/mol. The molecule has 24 heavy (non-hydrogen) atoms. The lowest BCUT2D eigenvalue weighted by Gasteiger charge is -2.22. The Labute approximate surface area is 143 Å². The smallest absolute Gasteiger partial charge is 0.274 e. The first-order chi connectivity index (χ1) is 11.3. The maximum absolute atomic E-state index is 12.1. The van der Waals surface area contributed by atoms with Crippen molar-refractivity contribution in [1.82, 2.24) is 10.4 Å². The van der Waals surface area contributed by atoms with Gasteiger partial charge < -0.3 is 10.6 Å². The maximum Gasteiger partial charge on any atom is 0.274 e. The lowest BCUT2D eigenvalue weighted by atomic mass is 10.1. The zero-order chi connectivity index (χ0) is 17.7. The molecule has 1 heterocycles. The van der Waals surface area contributed by atoms with Crippen LogP contribution in [-0.4, -0.2) is 51.2 Å². The minimum atomic E-state index is -3.49. The van der Waals surface area contributed by atoms with E-state index in [0.717, 1.165) is 32.2 Å². The molecule has 0 bridgehead atoms. The van der Waals surface area contributed by atoms with Crippen LogP contribution in [0, 0.1) is 0 Å². The Kier molecular flexibility index (Phi) is 6.20. The summed E-state index contributed by atoms with van der Waals surface area (Å²) in [6.07, 6.45) is 4.26. The minimum absolute atomic E-state index is 0.0558. The summed E-state index contributed by atoms with van der Waals surface area (Å²) < 4.78 is 23.3.